The van der Waals surface area contributed by atoms with Crippen molar-refractivity contribution in [1.82, 2.24) is 5.48 Å². The average Bonchev–Trinajstić information content (AvgIpc) is 2.09. The second-order valence-electron chi connectivity index (χ2n) is 4.27. The third kappa shape index (κ3) is 4.73. The minimum absolute atomic E-state index is 0.233. The van der Waals surface area contributed by atoms with Crippen molar-refractivity contribution < 1.29 is 9.23 Å². The predicted octanol–water partition coefficient (Wildman–Crippen LogP) is 3.41. The van der Waals surface area contributed by atoms with Crippen molar-refractivity contribution in [2.75, 3.05) is 0 Å². The fraction of sp³-hybridized carbons (Fsp3) is 0.455. The zero-order valence-corrected chi connectivity index (χ0v) is 10.7. The first-order chi connectivity index (χ1) is 6.88. The molecule has 0 unspecified atom stereocenters. The number of rotatable bonds is 3. The summed E-state index contributed by atoms with van der Waals surface area (Å²) >= 11 is 3.29. The molecule has 0 aliphatic rings. The summed E-state index contributed by atoms with van der Waals surface area (Å²) in [5.74, 6) is -0.233. The Kier molecular flexibility index (Phi) is 4.25. The minimum Gasteiger partial charge on any atom is -0.296 e. The van der Waals surface area contributed by atoms with Gasteiger partial charge in [-0.3, -0.25) is 4.84 Å². The lowest BCUT2D eigenvalue weighted by Crippen LogP contribution is -2.28. The molecule has 0 atom stereocenters. The monoisotopic (exact) mass is 275 g/mol. The Morgan fingerprint density at radius 3 is 2.67 bits per heavy atom. The topological polar surface area (TPSA) is 21.3 Å². The summed E-state index contributed by atoms with van der Waals surface area (Å²) in [6, 6.07) is 4.83. The van der Waals surface area contributed by atoms with Crippen LogP contribution >= 0.6 is 15.9 Å². The summed E-state index contributed by atoms with van der Waals surface area (Å²) in [6.07, 6.45) is 0. The Hall–Kier alpha value is -0.450. The zero-order chi connectivity index (χ0) is 11.5. The maximum Gasteiger partial charge on any atom is 0.127 e. The van der Waals surface area contributed by atoms with Gasteiger partial charge in [-0.15, -0.1) is 0 Å². The molecule has 0 spiro atoms. The van der Waals surface area contributed by atoms with Gasteiger partial charge in [0.15, 0.2) is 0 Å². The molecular formula is C11H15BrFNO. The molecule has 0 bridgehead atoms. The Morgan fingerprint density at radius 2 is 2.07 bits per heavy atom. The smallest absolute Gasteiger partial charge is 0.127 e. The summed E-state index contributed by atoms with van der Waals surface area (Å²) in [5.41, 5.74) is 3.05. The van der Waals surface area contributed by atoms with E-state index < -0.39 is 0 Å². The van der Waals surface area contributed by atoms with E-state index in [1.54, 1.807) is 12.1 Å². The van der Waals surface area contributed by atoms with E-state index in [2.05, 4.69) is 21.4 Å². The Morgan fingerprint density at radius 1 is 1.40 bits per heavy atom. The fourth-order valence-corrected chi connectivity index (χ4v) is 1.42. The van der Waals surface area contributed by atoms with Crippen LogP contribution in [0.4, 0.5) is 4.39 Å². The Balaban J connectivity index is 2.54. The molecule has 0 aromatic heterocycles. The molecule has 0 aliphatic heterocycles. The van der Waals surface area contributed by atoms with E-state index in [1.165, 1.54) is 6.07 Å². The van der Waals surface area contributed by atoms with Gasteiger partial charge in [0.2, 0.25) is 0 Å². The molecule has 0 radical (unpaired) electrons. The second-order valence-corrected chi connectivity index (χ2v) is 5.19. The normalized spacial score (nSPS) is 11.8. The van der Waals surface area contributed by atoms with Crippen molar-refractivity contribution in [3.05, 3.63) is 34.1 Å². The van der Waals surface area contributed by atoms with Gasteiger partial charge in [-0.25, -0.2) is 4.39 Å². The van der Waals surface area contributed by atoms with Crippen LogP contribution in [0.25, 0.3) is 0 Å². The molecule has 0 saturated heterocycles. The van der Waals surface area contributed by atoms with Crippen molar-refractivity contribution in [2.45, 2.75) is 32.9 Å². The van der Waals surface area contributed by atoms with Crippen LogP contribution in [0.2, 0.25) is 0 Å². The number of hydroxylamine groups is 1. The Labute approximate surface area is 97.9 Å². The first-order valence-corrected chi connectivity index (χ1v) is 5.52. The van der Waals surface area contributed by atoms with Gasteiger partial charge in [-0.2, -0.15) is 5.48 Å². The van der Waals surface area contributed by atoms with Crippen LogP contribution < -0.4 is 5.48 Å². The number of benzene rings is 1. The number of halogens is 2. The average molecular weight is 276 g/mol. The van der Waals surface area contributed by atoms with E-state index in [0.29, 0.717) is 12.1 Å². The Bertz CT molecular complexity index is 336. The van der Waals surface area contributed by atoms with Gasteiger partial charge in [0.25, 0.3) is 0 Å². The first-order valence-electron chi connectivity index (χ1n) is 4.73. The van der Waals surface area contributed by atoms with E-state index in [4.69, 9.17) is 4.84 Å². The summed E-state index contributed by atoms with van der Waals surface area (Å²) in [4.78, 5) is 5.30. The van der Waals surface area contributed by atoms with Gasteiger partial charge in [0, 0.05) is 16.6 Å². The van der Waals surface area contributed by atoms with Crippen LogP contribution in [-0.4, -0.2) is 5.60 Å². The predicted molar refractivity (Wildman–Crippen MR) is 61.8 cm³/mol. The molecule has 0 heterocycles. The number of hydrogen-bond donors (Lipinski definition) is 1. The van der Waals surface area contributed by atoms with Crippen LogP contribution in [0.15, 0.2) is 22.7 Å². The largest absolute Gasteiger partial charge is 0.296 e. The van der Waals surface area contributed by atoms with Crippen LogP contribution in [-0.2, 0) is 11.4 Å². The fourth-order valence-electron chi connectivity index (χ4n) is 1.01. The maximum atomic E-state index is 13.3. The van der Waals surface area contributed by atoms with E-state index in [-0.39, 0.29) is 11.4 Å². The maximum absolute atomic E-state index is 13.3. The van der Waals surface area contributed by atoms with Crippen molar-refractivity contribution >= 4 is 15.9 Å². The molecular weight excluding hydrogens is 261 g/mol. The standard InChI is InChI=1S/C11H15BrFNO/c1-11(2,3)15-14-7-8-6-9(12)4-5-10(8)13/h4-6,14H,7H2,1-3H3. The van der Waals surface area contributed by atoms with Crippen LogP contribution in [0, 0.1) is 5.82 Å². The summed E-state index contributed by atoms with van der Waals surface area (Å²) in [5, 5.41) is 0. The highest BCUT2D eigenvalue weighted by atomic mass is 79.9. The van der Waals surface area contributed by atoms with Crippen LogP contribution in [0.1, 0.15) is 26.3 Å². The van der Waals surface area contributed by atoms with Crippen molar-refractivity contribution in [3.63, 3.8) is 0 Å². The molecule has 1 N–H and O–H groups in total. The summed E-state index contributed by atoms with van der Waals surface area (Å²) in [6.45, 7) is 6.13. The van der Waals surface area contributed by atoms with E-state index >= 15 is 0 Å². The lowest BCUT2D eigenvalue weighted by Gasteiger charge is -2.19. The molecule has 0 amide bonds. The molecule has 2 nitrogen and oxygen atoms in total. The molecule has 1 aromatic carbocycles. The molecule has 4 heteroatoms. The van der Waals surface area contributed by atoms with Gasteiger partial charge in [0.1, 0.15) is 5.82 Å². The van der Waals surface area contributed by atoms with Gasteiger partial charge in [0.05, 0.1) is 5.60 Å². The molecule has 1 aromatic rings. The summed E-state index contributed by atoms with van der Waals surface area (Å²) in [7, 11) is 0. The zero-order valence-electron chi connectivity index (χ0n) is 9.10. The molecule has 0 aliphatic carbocycles. The number of hydrogen-bond acceptors (Lipinski definition) is 2. The molecule has 1 rings (SSSR count). The quantitative estimate of drug-likeness (QED) is 0.854. The molecule has 0 saturated carbocycles. The second kappa shape index (κ2) is 5.05. The third-order valence-electron chi connectivity index (χ3n) is 1.65. The lowest BCUT2D eigenvalue weighted by atomic mass is 10.2. The SMILES string of the molecule is CC(C)(C)ONCc1cc(Br)ccc1F. The lowest BCUT2D eigenvalue weighted by molar-refractivity contribution is -0.0760. The van der Waals surface area contributed by atoms with Crippen molar-refractivity contribution in [1.29, 1.82) is 0 Å². The van der Waals surface area contributed by atoms with E-state index in [0.717, 1.165) is 4.47 Å². The highest BCUT2D eigenvalue weighted by Crippen LogP contribution is 2.15. The highest BCUT2D eigenvalue weighted by Gasteiger charge is 2.10. The number of nitrogens with one attached hydrogen (secondary N) is 1. The van der Waals surface area contributed by atoms with E-state index in [1.807, 2.05) is 20.8 Å². The van der Waals surface area contributed by atoms with Crippen LogP contribution in [0.3, 0.4) is 0 Å². The van der Waals surface area contributed by atoms with Gasteiger partial charge >= 0.3 is 0 Å². The van der Waals surface area contributed by atoms with Crippen LogP contribution in [0.5, 0.6) is 0 Å². The minimum atomic E-state index is -0.275. The molecule has 84 valence electrons. The van der Waals surface area contributed by atoms with Gasteiger partial charge in [-0.05, 0) is 39.0 Å². The molecule has 0 fully saturated rings. The van der Waals surface area contributed by atoms with Gasteiger partial charge in [-0.1, -0.05) is 15.9 Å². The summed E-state index contributed by atoms with van der Waals surface area (Å²) < 4.78 is 14.1. The third-order valence-corrected chi connectivity index (χ3v) is 2.14. The molecule has 15 heavy (non-hydrogen) atoms. The van der Waals surface area contributed by atoms with Crippen molar-refractivity contribution in [2.24, 2.45) is 0 Å². The highest BCUT2D eigenvalue weighted by molar-refractivity contribution is 9.10. The van der Waals surface area contributed by atoms with E-state index in [9.17, 15) is 4.39 Å². The van der Waals surface area contributed by atoms with Crippen molar-refractivity contribution in [3.8, 4) is 0 Å². The first kappa shape index (κ1) is 12.6. The van der Waals surface area contributed by atoms with Gasteiger partial charge < -0.3 is 0 Å².